The van der Waals surface area contributed by atoms with Crippen molar-refractivity contribution in [3.63, 3.8) is 0 Å². The topological polar surface area (TPSA) is 87.2 Å². The van der Waals surface area contributed by atoms with Gasteiger partial charge in [-0.05, 0) is 17.7 Å². The normalized spacial score (nSPS) is 11.3. The van der Waals surface area contributed by atoms with E-state index < -0.39 is 17.8 Å². The molecule has 0 spiro atoms. The summed E-state index contributed by atoms with van der Waals surface area (Å²) >= 11 is 0. The second-order valence-corrected chi connectivity index (χ2v) is 5.85. The SMILES string of the molecule is Cn1c(C(N)=O)cnc(-c2cccc(-c3ccccc3OC(F)(F)F)c2)c1=O. The van der Waals surface area contributed by atoms with Gasteiger partial charge in [0.2, 0.25) is 0 Å². The third kappa shape index (κ3) is 3.88. The van der Waals surface area contributed by atoms with E-state index in [0.717, 1.165) is 4.57 Å². The first kappa shape index (κ1) is 19.2. The van der Waals surface area contributed by atoms with Crippen molar-refractivity contribution in [2.24, 2.45) is 12.8 Å². The molecule has 0 atom stereocenters. The Bertz CT molecular complexity index is 1110. The van der Waals surface area contributed by atoms with E-state index in [1.807, 2.05) is 0 Å². The van der Waals surface area contributed by atoms with E-state index in [0.29, 0.717) is 11.1 Å². The van der Waals surface area contributed by atoms with E-state index in [1.54, 1.807) is 24.3 Å². The number of hydrogen-bond acceptors (Lipinski definition) is 4. The number of carbonyl (C=O) groups excluding carboxylic acids is 1. The molecule has 3 aromatic rings. The molecule has 2 aromatic carbocycles. The van der Waals surface area contributed by atoms with E-state index in [2.05, 4.69) is 9.72 Å². The third-order valence-electron chi connectivity index (χ3n) is 4.00. The van der Waals surface area contributed by atoms with Crippen LogP contribution in [0.3, 0.4) is 0 Å². The predicted octanol–water partition coefficient (Wildman–Crippen LogP) is 3.11. The number of alkyl halides is 3. The van der Waals surface area contributed by atoms with Crippen molar-refractivity contribution in [2.75, 3.05) is 0 Å². The summed E-state index contributed by atoms with van der Waals surface area (Å²) in [7, 11) is 1.38. The van der Waals surface area contributed by atoms with Crippen LogP contribution in [0.4, 0.5) is 13.2 Å². The number of rotatable bonds is 4. The zero-order valence-electron chi connectivity index (χ0n) is 14.5. The van der Waals surface area contributed by atoms with Crippen LogP contribution in [0.15, 0.2) is 59.5 Å². The van der Waals surface area contributed by atoms with Crippen LogP contribution in [0.2, 0.25) is 0 Å². The van der Waals surface area contributed by atoms with E-state index >= 15 is 0 Å². The molecule has 0 aliphatic heterocycles. The molecule has 0 saturated carbocycles. The molecule has 1 amide bonds. The smallest absolute Gasteiger partial charge is 0.405 e. The molecule has 1 aromatic heterocycles. The second-order valence-electron chi connectivity index (χ2n) is 5.85. The summed E-state index contributed by atoms with van der Waals surface area (Å²) in [6, 6.07) is 12.0. The average molecular weight is 389 g/mol. The fourth-order valence-corrected chi connectivity index (χ4v) is 2.72. The molecule has 1 heterocycles. The Balaban J connectivity index is 2.10. The summed E-state index contributed by atoms with van der Waals surface area (Å²) in [6.45, 7) is 0. The average Bonchev–Trinajstić information content (AvgIpc) is 2.63. The molecule has 9 heteroatoms. The molecule has 0 bridgehead atoms. The maximum Gasteiger partial charge on any atom is 0.573 e. The number of nitrogens with zero attached hydrogens (tertiary/aromatic N) is 2. The molecule has 6 nitrogen and oxygen atoms in total. The lowest BCUT2D eigenvalue weighted by atomic mass is 10.0. The molecule has 2 N–H and O–H groups in total. The molecule has 0 aliphatic carbocycles. The van der Waals surface area contributed by atoms with Gasteiger partial charge in [-0.25, -0.2) is 4.98 Å². The highest BCUT2D eigenvalue weighted by atomic mass is 19.4. The number of carbonyl (C=O) groups is 1. The van der Waals surface area contributed by atoms with Gasteiger partial charge in [0.05, 0.1) is 6.20 Å². The summed E-state index contributed by atoms with van der Waals surface area (Å²) in [4.78, 5) is 27.8. The molecule has 0 aliphatic rings. The van der Waals surface area contributed by atoms with Crippen LogP contribution < -0.4 is 16.0 Å². The lowest BCUT2D eigenvalue weighted by molar-refractivity contribution is -0.274. The van der Waals surface area contributed by atoms with Gasteiger partial charge in [-0.2, -0.15) is 0 Å². The van der Waals surface area contributed by atoms with Crippen molar-refractivity contribution in [1.29, 1.82) is 0 Å². The molecular formula is C19H14F3N3O3. The van der Waals surface area contributed by atoms with Gasteiger partial charge in [0.15, 0.2) is 0 Å². The highest BCUT2D eigenvalue weighted by molar-refractivity contribution is 5.91. The highest BCUT2D eigenvalue weighted by Crippen LogP contribution is 2.34. The molecule has 144 valence electrons. The number of para-hydroxylation sites is 1. The Labute approximate surface area is 157 Å². The summed E-state index contributed by atoms with van der Waals surface area (Å²) in [6.07, 6.45) is -3.66. The van der Waals surface area contributed by atoms with Gasteiger partial charge in [0.25, 0.3) is 11.5 Å². The van der Waals surface area contributed by atoms with Gasteiger partial charge in [-0.3, -0.25) is 9.59 Å². The van der Waals surface area contributed by atoms with Crippen LogP contribution in [0.1, 0.15) is 10.5 Å². The quantitative estimate of drug-likeness (QED) is 0.743. The first-order valence-electron chi connectivity index (χ1n) is 7.99. The maximum atomic E-state index is 12.7. The van der Waals surface area contributed by atoms with Crippen LogP contribution in [0.5, 0.6) is 5.75 Å². The van der Waals surface area contributed by atoms with Crippen molar-refractivity contribution >= 4 is 5.91 Å². The minimum Gasteiger partial charge on any atom is -0.405 e. The van der Waals surface area contributed by atoms with Gasteiger partial charge >= 0.3 is 6.36 Å². The number of hydrogen-bond donors (Lipinski definition) is 1. The number of aromatic nitrogens is 2. The minimum atomic E-state index is -4.84. The zero-order chi connectivity index (χ0) is 20.5. The van der Waals surface area contributed by atoms with Crippen LogP contribution >= 0.6 is 0 Å². The van der Waals surface area contributed by atoms with E-state index in [1.165, 1.54) is 37.5 Å². The molecular weight excluding hydrogens is 375 g/mol. The maximum absolute atomic E-state index is 12.7. The van der Waals surface area contributed by atoms with Gasteiger partial charge < -0.3 is 15.0 Å². The van der Waals surface area contributed by atoms with Crippen LogP contribution in [-0.4, -0.2) is 21.8 Å². The second kappa shape index (κ2) is 7.18. The largest absolute Gasteiger partial charge is 0.573 e. The Morgan fingerprint density at radius 1 is 1.11 bits per heavy atom. The molecule has 0 saturated heterocycles. The monoisotopic (exact) mass is 389 g/mol. The lowest BCUT2D eigenvalue weighted by Gasteiger charge is -2.14. The molecule has 0 radical (unpaired) electrons. The van der Waals surface area contributed by atoms with Crippen molar-refractivity contribution in [3.8, 4) is 28.1 Å². The van der Waals surface area contributed by atoms with E-state index in [9.17, 15) is 22.8 Å². The number of ether oxygens (including phenoxy) is 1. The first-order valence-corrected chi connectivity index (χ1v) is 7.99. The van der Waals surface area contributed by atoms with E-state index in [4.69, 9.17) is 5.73 Å². The van der Waals surface area contributed by atoms with Gasteiger partial charge in [0.1, 0.15) is 17.1 Å². The number of amides is 1. The summed E-state index contributed by atoms with van der Waals surface area (Å²) in [5.41, 5.74) is 5.58. The standard InChI is InChI=1S/C19H14F3N3O3/c1-25-14(17(23)26)10-24-16(18(25)27)12-6-4-5-11(9-12)13-7-2-3-8-15(13)28-19(20,21)22/h2-10H,1H3,(H2,23,26). The summed E-state index contributed by atoms with van der Waals surface area (Å²) in [5, 5.41) is 0. The molecule has 0 unspecified atom stereocenters. The third-order valence-corrected chi connectivity index (χ3v) is 4.00. The Hall–Kier alpha value is -3.62. The van der Waals surface area contributed by atoms with Gasteiger partial charge in [-0.1, -0.05) is 36.4 Å². The summed E-state index contributed by atoms with van der Waals surface area (Å²) < 4.78 is 43.2. The highest BCUT2D eigenvalue weighted by Gasteiger charge is 2.32. The minimum absolute atomic E-state index is 0.0311. The molecule has 3 rings (SSSR count). The summed E-state index contributed by atoms with van der Waals surface area (Å²) in [5.74, 6) is -1.16. The Morgan fingerprint density at radius 2 is 1.79 bits per heavy atom. The van der Waals surface area contributed by atoms with Crippen molar-refractivity contribution in [3.05, 3.63) is 70.8 Å². The molecule has 0 fully saturated rings. The number of primary amides is 1. The lowest BCUT2D eigenvalue weighted by Crippen LogP contribution is -2.28. The van der Waals surface area contributed by atoms with Crippen molar-refractivity contribution < 1.29 is 22.7 Å². The van der Waals surface area contributed by atoms with E-state index in [-0.39, 0.29) is 22.7 Å². The zero-order valence-corrected chi connectivity index (χ0v) is 14.5. The number of halogens is 3. The Morgan fingerprint density at radius 3 is 2.46 bits per heavy atom. The fraction of sp³-hybridized carbons (Fsp3) is 0.105. The Kier molecular flexibility index (Phi) is 4.91. The van der Waals surface area contributed by atoms with Gasteiger partial charge in [0, 0.05) is 18.2 Å². The van der Waals surface area contributed by atoms with Crippen LogP contribution in [-0.2, 0) is 7.05 Å². The van der Waals surface area contributed by atoms with Crippen molar-refractivity contribution in [1.82, 2.24) is 9.55 Å². The van der Waals surface area contributed by atoms with Crippen LogP contribution in [0, 0.1) is 0 Å². The molecule has 28 heavy (non-hydrogen) atoms. The fourth-order valence-electron chi connectivity index (χ4n) is 2.72. The predicted molar refractivity (Wildman–Crippen MR) is 95.6 cm³/mol. The number of nitrogens with two attached hydrogens (primary N) is 1. The first-order chi connectivity index (χ1) is 13.2. The van der Waals surface area contributed by atoms with Crippen molar-refractivity contribution in [2.45, 2.75) is 6.36 Å². The van der Waals surface area contributed by atoms with Crippen LogP contribution in [0.25, 0.3) is 22.4 Å². The van der Waals surface area contributed by atoms with Gasteiger partial charge in [-0.15, -0.1) is 13.2 Å². The number of benzene rings is 2.